The number of aromatic nitrogens is 5. The number of fused-ring (bicyclic) bond motifs is 1. The summed E-state index contributed by atoms with van der Waals surface area (Å²) in [6.45, 7) is 4.51. The van der Waals surface area contributed by atoms with Crippen LogP contribution in [0.3, 0.4) is 0 Å². The number of carbonyl (C=O) groups excluding carboxylic acids is 1. The first kappa shape index (κ1) is 20.3. The van der Waals surface area contributed by atoms with Gasteiger partial charge in [0, 0.05) is 10.7 Å². The minimum Gasteiger partial charge on any atom is -0.325 e. The van der Waals surface area contributed by atoms with Gasteiger partial charge in [-0.3, -0.25) is 4.79 Å². The van der Waals surface area contributed by atoms with Crippen molar-refractivity contribution >= 4 is 46.1 Å². The van der Waals surface area contributed by atoms with Crippen LogP contribution >= 0.6 is 23.4 Å². The maximum Gasteiger partial charge on any atom is 0.234 e. The van der Waals surface area contributed by atoms with Crippen LogP contribution in [0, 0.1) is 13.8 Å². The molecule has 2 aromatic heterocycles. The maximum atomic E-state index is 12.4. The van der Waals surface area contributed by atoms with Gasteiger partial charge in [0.2, 0.25) is 5.91 Å². The molecule has 0 aliphatic rings. The van der Waals surface area contributed by atoms with E-state index in [1.807, 2.05) is 56.3 Å². The molecule has 0 saturated heterocycles. The minimum absolute atomic E-state index is 0.104. The number of amides is 1. The molecule has 30 heavy (non-hydrogen) atoms. The van der Waals surface area contributed by atoms with Gasteiger partial charge in [0.15, 0.2) is 11.2 Å². The Labute approximate surface area is 182 Å². The van der Waals surface area contributed by atoms with Crippen LogP contribution in [0.2, 0.25) is 5.02 Å². The van der Waals surface area contributed by atoms with E-state index in [0.717, 1.165) is 22.4 Å². The van der Waals surface area contributed by atoms with E-state index in [4.69, 9.17) is 11.6 Å². The summed E-state index contributed by atoms with van der Waals surface area (Å²) in [5.41, 5.74) is 5.24. The molecule has 1 N–H and O–H groups in total. The van der Waals surface area contributed by atoms with E-state index in [0.29, 0.717) is 27.8 Å². The first-order valence-electron chi connectivity index (χ1n) is 9.28. The molecule has 0 fully saturated rings. The molecule has 4 aromatic rings. The second kappa shape index (κ2) is 8.81. The lowest BCUT2D eigenvalue weighted by Gasteiger charge is -2.09. The third kappa shape index (κ3) is 4.60. The fourth-order valence-corrected chi connectivity index (χ4v) is 3.88. The number of nitrogens with one attached hydrogen (secondary N) is 1. The number of rotatable bonds is 6. The number of hydrogen-bond donors (Lipinski definition) is 1. The fraction of sp³-hybridized carbons (Fsp3) is 0.190. The molecule has 0 spiro atoms. The molecule has 0 aliphatic carbocycles. The van der Waals surface area contributed by atoms with Crippen molar-refractivity contribution in [2.45, 2.75) is 25.4 Å². The Morgan fingerprint density at radius 3 is 2.70 bits per heavy atom. The number of aryl methyl sites for hydroxylation is 2. The van der Waals surface area contributed by atoms with Gasteiger partial charge in [-0.25, -0.2) is 14.6 Å². The Morgan fingerprint density at radius 1 is 1.13 bits per heavy atom. The number of halogens is 1. The molecular formula is C21H19ClN6OS. The molecule has 4 rings (SSSR count). The van der Waals surface area contributed by atoms with Crippen molar-refractivity contribution in [1.29, 1.82) is 0 Å². The van der Waals surface area contributed by atoms with E-state index in [2.05, 4.69) is 25.6 Å². The first-order valence-corrected chi connectivity index (χ1v) is 10.6. The molecule has 0 atom stereocenters. The topological polar surface area (TPSA) is 85.6 Å². The molecule has 2 aromatic carbocycles. The lowest BCUT2D eigenvalue weighted by atomic mass is 10.1. The Hall–Kier alpha value is -2.97. The molecule has 0 unspecified atom stereocenters. The summed E-state index contributed by atoms with van der Waals surface area (Å²) in [5, 5.41) is 12.7. The fourth-order valence-electron chi connectivity index (χ4n) is 3.02. The Balaban J connectivity index is 1.46. The predicted octanol–water partition coefficient (Wildman–Crippen LogP) is 4.27. The minimum atomic E-state index is -0.104. The highest BCUT2D eigenvalue weighted by Gasteiger charge is 2.14. The average Bonchev–Trinajstić information content (AvgIpc) is 3.14. The molecule has 0 bridgehead atoms. The number of anilines is 1. The van der Waals surface area contributed by atoms with Crippen LogP contribution in [0.4, 0.5) is 5.69 Å². The van der Waals surface area contributed by atoms with Crippen molar-refractivity contribution in [3.63, 3.8) is 0 Å². The van der Waals surface area contributed by atoms with Crippen LogP contribution in [0.15, 0.2) is 53.8 Å². The number of carbonyl (C=O) groups is 1. The standard InChI is InChI=1S/C21H19ClN6OS/c1-13-3-8-17(14(2)9-13)25-18(29)11-30-21-19-20(23-12-24-21)28(27-26-19)10-15-4-6-16(22)7-5-15/h3-9,12H,10-11H2,1-2H3,(H,25,29). The molecule has 0 aliphatic heterocycles. The van der Waals surface area contributed by atoms with Gasteiger partial charge in [0.25, 0.3) is 0 Å². The largest absolute Gasteiger partial charge is 0.325 e. The van der Waals surface area contributed by atoms with E-state index in [9.17, 15) is 4.79 Å². The molecule has 7 nitrogen and oxygen atoms in total. The number of hydrogen-bond acceptors (Lipinski definition) is 6. The van der Waals surface area contributed by atoms with Crippen molar-refractivity contribution in [3.8, 4) is 0 Å². The summed E-state index contributed by atoms with van der Waals surface area (Å²) in [6, 6.07) is 13.5. The van der Waals surface area contributed by atoms with E-state index in [1.54, 1.807) is 4.68 Å². The van der Waals surface area contributed by atoms with Crippen LogP contribution in [-0.4, -0.2) is 36.6 Å². The monoisotopic (exact) mass is 438 g/mol. The van der Waals surface area contributed by atoms with E-state index in [1.165, 1.54) is 18.1 Å². The van der Waals surface area contributed by atoms with Crippen LogP contribution in [0.5, 0.6) is 0 Å². The van der Waals surface area contributed by atoms with Gasteiger partial charge in [-0.05, 0) is 43.2 Å². The first-order chi connectivity index (χ1) is 14.5. The Bertz CT molecular complexity index is 1210. The summed E-state index contributed by atoms with van der Waals surface area (Å²) in [7, 11) is 0. The molecule has 152 valence electrons. The molecule has 2 heterocycles. The summed E-state index contributed by atoms with van der Waals surface area (Å²) in [4.78, 5) is 21.0. The summed E-state index contributed by atoms with van der Waals surface area (Å²) in [6.07, 6.45) is 1.47. The number of benzene rings is 2. The lowest BCUT2D eigenvalue weighted by Crippen LogP contribution is -2.15. The zero-order valence-electron chi connectivity index (χ0n) is 16.5. The van der Waals surface area contributed by atoms with Crippen molar-refractivity contribution in [2.24, 2.45) is 0 Å². The van der Waals surface area contributed by atoms with E-state index in [-0.39, 0.29) is 11.7 Å². The summed E-state index contributed by atoms with van der Waals surface area (Å²) >= 11 is 7.26. The normalized spacial score (nSPS) is 11.0. The Kier molecular flexibility index (Phi) is 5.96. The summed E-state index contributed by atoms with van der Waals surface area (Å²) < 4.78 is 1.71. The van der Waals surface area contributed by atoms with E-state index < -0.39 is 0 Å². The van der Waals surface area contributed by atoms with Crippen LogP contribution < -0.4 is 5.32 Å². The van der Waals surface area contributed by atoms with Crippen molar-refractivity contribution in [2.75, 3.05) is 11.1 Å². The van der Waals surface area contributed by atoms with Gasteiger partial charge in [0.05, 0.1) is 12.3 Å². The molecule has 0 radical (unpaired) electrons. The van der Waals surface area contributed by atoms with Gasteiger partial charge in [-0.2, -0.15) is 0 Å². The molecule has 0 saturated carbocycles. The summed E-state index contributed by atoms with van der Waals surface area (Å²) in [5.74, 6) is 0.107. The molecule has 9 heteroatoms. The van der Waals surface area contributed by atoms with Gasteiger partial charge in [-0.15, -0.1) is 5.10 Å². The zero-order valence-corrected chi connectivity index (χ0v) is 18.0. The highest BCUT2D eigenvalue weighted by Crippen LogP contribution is 2.24. The van der Waals surface area contributed by atoms with Crippen molar-refractivity contribution in [3.05, 3.63) is 70.5 Å². The van der Waals surface area contributed by atoms with Crippen molar-refractivity contribution < 1.29 is 4.79 Å². The molecular weight excluding hydrogens is 420 g/mol. The maximum absolute atomic E-state index is 12.4. The van der Waals surface area contributed by atoms with E-state index >= 15 is 0 Å². The third-order valence-corrected chi connectivity index (χ3v) is 5.74. The SMILES string of the molecule is Cc1ccc(NC(=O)CSc2ncnc3c2nnn3Cc2ccc(Cl)cc2)c(C)c1. The van der Waals surface area contributed by atoms with Gasteiger partial charge in [-0.1, -0.05) is 58.4 Å². The van der Waals surface area contributed by atoms with Crippen LogP contribution in [0.1, 0.15) is 16.7 Å². The predicted molar refractivity (Wildman–Crippen MR) is 119 cm³/mol. The third-order valence-electron chi connectivity index (χ3n) is 4.51. The smallest absolute Gasteiger partial charge is 0.234 e. The van der Waals surface area contributed by atoms with Crippen molar-refractivity contribution in [1.82, 2.24) is 25.0 Å². The second-order valence-corrected chi connectivity index (χ2v) is 8.28. The second-order valence-electron chi connectivity index (χ2n) is 6.88. The number of nitrogens with zero attached hydrogens (tertiary/aromatic N) is 5. The molecule has 1 amide bonds. The van der Waals surface area contributed by atoms with Gasteiger partial charge >= 0.3 is 0 Å². The lowest BCUT2D eigenvalue weighted by molar-refractivity contribution is -0.113. The quantitative estimate of drug-likeness (QED) is 0.357. The van der Waals surface area contributed by atoms with Gasteiger partial charge in [0.1, 0.15) is 11.4 Å². The van der Waals surface area contributed by atoms with Gasteiger partial charge < -0.3 is 5.32 Å². The average molecular weight is 439 g/mol. The van der Waals surface area contributed by atoms with Crippen LogP contribution in [-0.2, 0) is 11.3 Å². The van der Waals surface area contributed by atoms with Crippen LogP contribution in [0.25, 0.3) is 11.2 Å². The number of thioether (sulfide) groups is 1. The highest BCUT2D eigenvalue weighted by molar-refractivity contribution is 8.00. The zero-order chi connectivity index (χ0) is 21.1. The highest BCUT2D eigenvalue weighted by atomic mass is 35.5. The Morgan fingerprint density at radius 2 is 1.93 bits per heavy atom.